The fourth-order valence-corrected chi connectivity index (χ4v) is 1.60. The van der Waals surface area contributed by atoms with Gasteiger partial charge in [0.05, 0.1) is 6.61 Å². The number of benzene rings is 1. The Morgan fingerprint density at radius 3 is 2.26 bits per heavy atom. The standard InChI is InChI=1S/C16H19F3O4/c1-11(2)9-23-15(21)10-22-13-6-3-12(4-7-13)5-8-14(20)16(17,18)19/h3-4,6-7,11H,5,8-10H2,1-2H3. The molecule has 0 amide bonds. The van der Waals surface area contributed by atoms with Gasteiger partial charge in [0, 0.05) is 6.42 Å². The van der Waals surface area contributed by atoms with Crippen LogP contribution in [0.25, 0.3) is 0 Å². The molecule has 0 saturated carbocycles. The van der Waals surface area contributed by atoms with Gasteiger partial charge in [0.2, 0.25) is 5.78 Å². The van der Waals surface area contributed by atoms with Gasteiger partial charge in [-0.15, -0.1) is 0 Å². The molecule has 0 aromatic heterocycles. The minimum atomic E-state index is -4.79. The Bertz CT molecular complexity index is 521. The molecule has 1 aromatic carbocycles. The SMILES string of the molecule is CC(C)COC(=O)COc1ccc(CCC(=O)C(F)(F)F)cc1. The Hall–Kier alpha value is -2.05. The molecule has 0 saturated heterocycles. The molecule has 0 aliphatic heterocycles. The van der Waals surface area contributed by atoms with Gasteiger partial charge in [0.1, 0.15) is 5.75 Å². The van der Waals surface area contributed by atoms with Crippen LogP contribution in [0.1, 0.15) is 25.8 Å². The maximum Gasteiger partial charge on any atom is 0.449 e. The molecule has 0 spiro atoms. The fraction of sp³-hybridized carbons (Fsp3) is 0.500. The van der Waals surface area contributed by atoms with Gasteiger partial charge in [-0.2, -0.15) is 13.2 Å². The summed E-state index contributed by atoms with van der Waals surface area (Å²) < 4.78 is 46.4. The molecule has 0 aliphatic carbocycles. The molecule has 0 unspecified atom stereocenters. The number of carbonyl (C=O) groups excluding carboxylic acids is 2. The molecule has 0 atom stereocenters. The minimum Gasteiger partial charge on any atom is -0.482 e. The maximum atomic E-state index is 12.1. The van der Waals surface area contributed by atoms with Crippen molar-refractivity contribution >= 4 is 11.8 Å². The smallest absolute Gasteiger partial charge is 0.449 e. The third kappa shape index (κ3) is 7.67. The summed E-state index contributed by atoms with van der Waals surface area (Å²) in [5.41, 5.74) is 0.581. The summed E-state index contributed by atoms with van der Waals surface area (Å²) in [6.07, 6.45) is -5.39. The van der Waals surface area contributed by atoms with Crippen LogP contribution in [-0.2, 0) is 20.7 Å². The zero-order chi connectivity index (χ0) is 17.5. The summed E-state index contributed by atoms with van der Waals surface area (Å²) >= 11 is 0. The van der Waals surface area contributed by atoms with Crippen molar-refractivity contribution < 1.29 is 32.2 Å². The van der Waals surface area contributed by atoms with Crippen molar-refractivity contribution in [1.82, 2.24) is 0 Å². The normalized spacial score (nSPS) is 11.4. The first-order valence-electron chi connectivity index (χ1n) is 7.16. The molecule has 0 aliphatic rings. The van der Waals surface area contributed by atoms with Gasteiger partial charge in [0.15, 0.2) is 6.61 Å². The van der Waals surface area contributed by atoms with E-state index in [0.29, 0.717) is 17.9 Å². The van der Waals surface area contributed by atoms with Crippen LogP contribution in [0.2, 0.25) is 0 Å². The van der Waals surface area contributed by atoms with Gasteiger partial charge >= 0.3 is 12.1 Å². The van der Waals surface area contributed by atoms with Gasteiger partial charge in [-0.25, -0.2) is 4.79 Å². The van der Waals surface area contributed by atoms with Crippen LogP contribution in [0.4, 0.5) is 13.2 Å². The average molecular weight is 332 g/mol. The largest absolute Gasteiger partial charge is 0.482 e. The Morgan fingerprint density at radius 1 is 1.13 bits per heavy atom. The van der Waals surface area contributed by atoms with Gasteiger partial charge in [-0.1, -0.05) is 26.0 Å². The van der Waals surface area contributed by atoms with Crippen LogP contribution < -0.4 is 4.74 Å². The first-order chi connectivity index (χ1) is 10.7. The van der Waals surface area contributed by atoms with Crippen LogP contribution >= 0.6 is 0 Å². The number of ether oxygens (including phenoxy) is 2. The lowest BCUT2D eigenvalue weighted by Crippen LogP contribution is -2.22. The lowest BCUT2D eigenvalue weighted by molar-refractivity contribution is -0.171. The van der Waals surface area contributed by atoms with E-state index < -0.39 is 24.3 Å². The van der Waals surface area contributed by atoms with E-state index in [-0.39, 0.29) is 18.9 Å². The van der Waals surface area contributed by atoms with Crippen molar-refractivity contribution in [3.8, 4) is 5.75 Å². The fourth-order valence-electron chi connectivity index (χ4n) is 1.60. The van der Waals surface area contributed by atoms with Crippen molar-refractivity contribution in [2.45, 2.75) is 32.9 Å². The summed E-state index contributed by atoms with van der Waals surface area (Å²) in [5, 5.41) is 0. The first-order valence-corrected chi connectivity index (χ1v) is 7.16. The molecule has 0 fully saturated rings. The van der Waals surface area contributed by atoms with Crippen molar-refractivity contribution in [1.29, 1.82) is 0 Å². The second-order valence-electron chi connectivity index (χ2n) is 5.43. The molecule has 0 bridgehead atoms. The lowest BCUT2D eigenvalue weighted by Gasteiger charge is -2.09. The van der Waals surface area contributed by atoms with Crippen LogP contribution in [0.3, 0.4) is 0 Å². The highest BCUT2D eigenvalue weighted by molar-refractivity contribution is 5.84. The second kappa shape index (κ2) is 8.55. The number of Topliss-reactive ketones (excluding diaryl/α,β-unsaturated/α-hetero) is 1. The molecular formula is C16H19F3O4. The minimum absolute atomic E-state index is 0.00491. The number of esters is 1. The number of hydrogen-bond donors (Lipinski definition) is 0. The predicted octanol–water partition coefficient (Wildman–Crippen LogP) is 3.33. The van der Waals surface area contributed by atoms with E-state index >= 15 is 0 Å². The molecule has 1 rings (SSSR count). The number of halogens is 3. The van der Waals surface area contributed by atoms with E-state index in [2.05, 4.69) is 0 Å². The molecule has 0 N–H and O–H groups in total. The highest BCUT2D eigenvalue weighted by Crippen LogP contribution is 2.20. The predicted molar refractivity (Wildman–Crippen MR) is 77.1 cm³/mol. The molecule has 128 valence electrons. The van der Waals surface area contributed by atoms with Crippen molar-refractivity contribution in [3.05, 3.63) is 29.8 Å². The summed E-state index contributed by atoms with van der Waals surface area (Å²) in [4.78, 5) is 22.2. The molecular weight excluding hydrogens is 313 g/mol. The second-order valence-corrected chi connectivity index (χ2v) is 5.43. The van der Waals surface area contributed by atoms with E-state index in [1.807, 2.05) is 13.8 Å². The van der Waals surface area contributed by atoms with E-state index in [1.165, 1.54) is 12.1 Å². The first kappa shape index (κ1) is 19.0. The number of aryl methyl sites for hydroxylation is 1. The quantitative estimate of drug-likeness (QED) is 0.685. The summed E-state index contributed by atoms with van der Waals surface area (Å²) in [6, 6.07) is 6.17. The van der Waals surface area contributed by atoms with Gasteiger partial charge < -0.3 is 9.47 Å². The molecule has 0 heterocycles. The van der Waals surface area contributed by atoms with E-state index in [4.69, 9.17) is 9.47 Å². The number of hydrogen-bond acceptors (Lipinski definition) is 4. The lowest BCUT2D eigenvalue weighted by atomic mass is 10.1. The molecule has 0 radical (unpaired) electrons. The van der Waals surface area contributed by atoms with Crippen LogP contribution in [0.5, 0.6) is 5.75 Å². The average Bonchev–Trinajstić information content (AvgIpc) is 2.48. The molecule has 1 aromatic rings. The van der Waals surface area contributed by atoms with Crippen molar-refractivity contribution in [3.63, 3.8) is 0 Å². The van der Waals surface area contributed by atoms with E-state index in [0.717, 1.165) is 0 Å². The third-order valence-electron chi connectivity index (χ3n) is 2.81. The Kier molecular flexibility index (Phi) is 7.06. The highest BCUT2D eigenvalue weighted by Gasteiger charge is 2.37. The molecule has 7 heteroatoms. The summed E-state index contributed by atoms with van der Waals surface area (Å²) in [5.74, 6) is -1.60. The topological polar surface area (TPSA) is 52.6 Å². The number of ketones is 1. The number of carbonyl (C=O) groups is 2. The van der Waals surface area contributed by atoms with Crippen LogP contribution in [-0.4, -0.2) is 31.1 Å². The monoisotopic (exact) mass is 332 g/mol. The van der Waals surface area contributed by atoms with Crippen molar-refractivity contribution in [2.75, 3.05) is 13.2 Å². The molecule has 23 heavy (non-hydrogen) atoms. The number of alkyl halides is 3. The van der Waals surface area contributed by atoms with Gasteiger partial charge in [0.25, 0.3) is 0 Å². The van der Waals surface area contributed by atoms with E-state index in [1.54, 1.807) is 12.1 Å². The van der Waals surface area contributed by atoms with Gasteiger partial charge in [-0.05, 0) is 30.0 Å². The van der Waals surface area contributed by atoms with E-state index in [9.17, 15) is 22.8 Å². The maximum absolute atomic E-state index is 12.1. The Labute approximate surface area is 132 Å². The molecule has 4 nitrogen and oxygen atoms in total. The zero-order valence-electron chi connectivity index (χ0n) is 13.0. The van der Waals surface area contributed by atoms with Crippen LogP contribution in [0.15, 0.2) is 24.3 Å². The Morgan fingerprint density at radius 2 is 1.74 bits per heavy atom. The van der Waals surface area contributed by atoms with Crippen LogP contribution in [0, 0.1) is 5.92 Å². The van der Waals surface area contributed by atoms with Crippen molar-refractivity contribution in [2.24, 2.45) is 5.92 Å². The number of rotatable bonds is 8. The summed E-state index contributed by atoms with van der Waals surface area (Å²) in [6.45, 7) is 3.90. The zero-order valence-corrected chi connectivity index (χ0v) is 13.0. The Balaban J connectivity index is 2.39. The van der Waals surface area contributed by atoms with Gasteiger partial charge in [-0.3, -0.25) is 4.79 Å². The third-order valence-corrected chi connectivity index (χ3v) is 2.81. The summed E-state index contributed by atoms with van der Waals surface area (Å²) in [7, 11) is 0. The highest BCUT2D eigenvalue weighted by atomic mass is 19.4.